The lowest BCUT2D eigenvalue weighted by Crippen LogP contribution is -2.31. The number of anilines is 1. The van der Waals surface area contributed by atoms with Gasteiger partial charge in [0.05, 0.1) is 29.2 Å². The number of hydrogen-bond acceptors (Lipinski definition) is 4. The summed E-state index contributed by atoms with van der Waals surface area (Å²) in [5.41, 5.74) is 5.26. The Bertz CT molecular complexity index is 1240. The highest BCUT2D eigenvalue weighted by atomic mass is 32.2. The molecular weight excluding hydrogens is 399 g/mol. The van der Waals surface area contributed by atoms with Crippen molar-refractivity contribution >= 4 is 40.4 Å². The van der Waals surface area contributed by atoms with Gasteiger partial charge < -0.3 is 5.32 Å². The summed E-state index contributed by atoms with van der Waals surface area (Å²) in [6, 6.07) is 9.78. The number of sulfonamides is 1. The number of nitrogens with one attached hydrogen (secondary N) is 1. The Morgan fingerprint density at radius 1 is 1.27 bits per heavy atom. The van der Waals surface area contributed by atoms with Crippen LogP contribution < -0.4 is 15.1 Å². The summed E-state index contributed by atoms with van der Waals surface area (Å²) in [6.07, 6.45) is 4.64. The van der Waals surface area contributed by atoms with Crippen LogP contribution in [-0.4, -0.2) is 51.6 Å². The van der Waals surface area contributed by atoms with Crippen molar-refractivity contribution in [1.82, 2.24) is 14.9 Å². The van der Waals surface area contributed by atoms with Crippen molar-refractivity contribution in [3.8, 4) is 11.3 Å². The second kappa shape index (κ2) is 7.47. The normalized spacial score (nSPS) is 16.9. The number of nitrogens with zero attached hydrogens (tertiary/aromatic N) is 3. The van der Waals surface area contributed by atoms with E-state index in [0.29, 0.717) is 29.0 Å². The fourth-order valence-electron chi connectivity index (χ4n) is 4.12. The van der Waals surface area contributed by atoms with E-state index in [1.165, 1.54) is 10.6 Å². The first-order chi connectivity index (χ1) is 14.2. The number of pyridine rings is 1. The van der Waals surface area contributed by atoms with Gasteiger partial charge in [-0.25, -0.2) is 12.9 Å². The number of aromatic nitrogens is 2. The summed E-state index contributed by atoms with van der Waals surface area (Å²) in [7, 11) is 0.182. The van der Waals surface area contributed by atoms with Gasteiger partial charge in [0.15, 0.2) is 0 Å². The number of hydrogen-bond donors (Lipinski definition) is 1. The highest BCUT2D eigenvalue weighted by Gasteiger charge is 2.29. The number of fused-ring (bicyclic) bond motifs is 2. The third-order valence-corrected chi connectivity index (χ3v) is 6.94. The van der Waals surface area contributed by atoms with Gasteiger partial charge in [-0.05, 0) is 30.4 Å². The monoisotopic (exact) mass is 424 g/mol. The van der Waals surface area contributed by atoms with Gasteiger partial charge in [0.2, 0.25) is 10.0 Å². The number of amides is 1. The topological polar surface area (TPSA) is 83.8 Å². The molecule has 156 valence electrons. The summed E-state index contributed by atoms with van der Waals surface area (Å²) in [5.74, 6) is -0.0474. The molecule has 4 rings (SSSR count). The first-order valence-electron chi connectivity index (χ1n) is 10.0. The highest BCUT2D eigenvalue weighted by Crippen LogP contribution is 2.38. The summed E-state index contributed by atoms with van der Waals surface area (Å²) in [5, 5.41) is 7.42. The van der Waals surface area contributed by atoms with Crippen molar-refractivity contribution in [2.75, 3.05) is 24.2 Å². The molecule has 0 fully saturated rings. The zero-order chi connectivity index (χ0) is 21.6. The number of rotatable bonds is 3. The molecule has 0 saturated carbocycles. The smallest absolute Gasteiger partial charge is 0.255 e. The van der Waals surface area contributed by atoms with Crippen molar-refractivity contribution in [2.24, 2.45) is 0 Å². The van der Waals surface area contributed by atoms with E-state index in [-0.39, 0.29) is 11.8 Å². The minimum atomic E-state index is -3.42. The van der Waals surface area contributed by atoms with E-state index in [2.05, 4.69) is 12.2 Å². The van der Waals surface area contributed by atoms with Gasteiger partial charge in [0, 0.05) is 19.2 Å². The largest absolute Gasteiger partial charge is 0.355 e. The fourth-order valence-corrected chi connectivity index (χ4v) is 5.09. The molecule has 2 aromatic heterocycles. The van der Waals surface area contributed by atoms with Crippen molar-refractivity contribution in [3.05, 3.63) is 47.7 Å². The molecule has 0 aliphatic carbocycles. The van der Waals surface area contributed by atoms with Crippen molar-refractivity contribution in [1.29, 1.82) is 0 Å². The predicted octanol–water partition coefficient (Wildman–Crippen LogP) is 1.28. The Balaban J connectivity index is 2.03. The molecule has 1 aliphatic rings. The van der Waals surface area contributed by atoms with Gasteiger partial charge in [0.1, 0.15) is 13.5 Å². The highest BCUT2D eigenvalue weighted by molar-refractivity contribution is 7.92. The van der Waals surface area contributed by atoms with E-state index in [1.54, 1.807) is 17.8 Å². The van der Waals surface area contributed by atoms with Crippen molar-refractivity contribution < 1.29 is 13.2 Å². The van der Waals surface area contributed by atoms with Crippen LogP contribution in [0.3, 0.4) is 0 Å². The van der Waals surface area contributed by atoms with Crippen LogP contribution in [0.2, 0.25) is 0 Å². The molecule has 1 atom stereocenters. The summed E-state index contributed by atoms with van der Waals surface area (Å²) in [6.45, 7) is 2.54. The maximum absolute atomic E-state index is 12.8. The van der Waals surface area contributed by atoms with Gasteiger partial charge in [-0.15, -0.1) is 0 Å². The Morgan fingerprint density at radius 2 is 1.97 bits per heavy atom. The van der Waals surface area contributed by atoms with Crippen LogP contribution in [0.4, 0.5) is 5.69 Å². The maximum atomic E-state index is 12.8. The molecule has 3 aromatic rings. The molecule has 0 saturated heterocycles. The van der Waals surface area contributed by atoms with Crippen molar-refractivity contribution in [2.45, 2.75) is 25.7 Å². The van der Waals surface area contributed by atoms with E-state index in [9.17, 15) is 13.2 Å². The van der Waals surface area contributed by atoms with Gasteiger partial charge >= 0.3 is 0 Å². The van der Waals surface area contributed by atoms with Crippen LogP contribution in [0.5, 0.6) is 0 Å². The third-order valence-electron chi connectivity index (χ3n) is 5.76. The standard InChI is InChI=1S/C21H25BN4O3S/c1-13-5-4-10-26(30(3,28)29)18-12-25-17(11-16(13)18)19(21(27)23-2)20(24-25)14-6-8-15(22)9-7-14/h6-9,11-13H,4-5,10,22H2,1-3H3,(H,23,27). The minimum Gasteiger partial charge on any atom is -0.355 e. The summed E-state index contributed by atoms with van der Waals surface area (Å²) < 4.78 is 28.0. The molecule has 0 radical (unpaired) electrons. The van der Waals surface area contributed by atoms with Gasteiger partial charge in [0.25, 0.3) is 5.91 Å². The first-order valence-corrected chi connectivity index (χ1v) is 11.9. The van der Waals surface area contributed by atoms with E-state index >= 15 is 0 Å². The fraction of sp³-hybridized carbons (Fsp3) is 0.333. The second-order valence-electron chi connectivity index (χ2n) is 7.99. The molecule has 1 amide bonds. The summed E-state index contributed by atoms with van der Waals surface area (Å²) >= 11 is 0. The second-order valence-corrected chi connectivity index (χ2v) is 9.90. The zero-order valence-corrected chi connectivity index (χ0v) is 18.5. The zero-order valence-electron chi connectivity index (χ0n) is 17.6. The maximum Gasteiger partial charge on any atom is 0.255 e. The third kappa shape index (κ3) is 3.47. The molecule has 1 aromatic carbocycles. The minimum absolute atomic E-state index is 0.173. The number of carbonyl (C=O) groups is 1. The lowest BCUT2D eigenvalue weighted by molar-refractivity contribution is 0.0965. The van der Waals surface area contributed by atoms with Crippen LogP contribution in [0.1, 0.15) is 41.6 Å². The average Bonchev–Trinajstić information content (AvgIpc) is 2.98. The van der Waals surface area contributed by atoms with E-state index in [1.807, 2.05) is 38.2 Å². The summed E-state index contributed by atoms with van der Waals surface area (Å²) in [4.78, 5) is 12.8. The molecule has 1 unspecified atom stereocenters. The van der Waals surface area contributed by atoms with Crippen LogP contribution in [0.15, 0.2) is 36.5 Å². The SMILES string of the molecule is Bc1ccc(-c2nn3cc4c(cc3c2C(=O)NC)C(C)CCCN4S(C)(=O)=O)cc1. The van der Waals surface area contributed by atoms with Gasteiger partial charge in [-0.3, -0.25) is 9.10 Å². The van der Waals surface area contributed by atoms with E-state index in [4.69, 9.17) is 5.10 Å². The van der Waals surface area contributed by atoms with Gasteiger partial charge in [-0.2, -0.15) is 5.10 Å². The molecule has 0 spiro atoms. The first kappa shape index (κ1) is 20.5. The average molecular weight is 424 g/mol. The molecule has 30 heavy (non-hydrogen) atoms. The molecule has 3 heterocycles. The molecule has 1 N–H and O–H groups in total. The van der Waals surface area contributed by atoms with E-state index in [0.717, 1.165) is 29.4 Å². The van der Waals surface area contributed by atoms with E-state index < -0.39 is 10.0 Å². The Hall–Kier alpha value is -2.81. The van der Waals surface area contributed by atoms with Crippen LogP contribution in [0.25, 0.3) is 16.8 Å². The molecule has 0 bridgehead atoms. The lowest BCUT2D eigenvalue weighted by atomic mass is 9.93. The van der Waals surface area contributed by atoms with Crippen LogP contribution in [0, 0.1) is 0 Å². The number of carbonyl (C=O) groups excluding carboxylic acids is 1. The molecular formula is C21H25BN4O3S. The van der Waals surface area contributed by atoms with Crippen LogP contribution >= 0.6 is 0 Å². The predicted molar refractivity (Wildman–Crippen MR) is 122 cm³/mol. The van der Waals surface area contributed by atoms with Crippen molar-refractivity contribution in [3.63, 3.8) is 0 Å². The Kier molecular flexibility index (Phi) is 5.09. The molecule has 7 nitrogen and oxygen atoms in total. The van der Waals surface area contributed by atoms with Crippen LogP contribution in [-0.2, 0) is 10.0 Å². The molecule has 9 heteroatoms. The molecule has 1 aliphatic heterocycles. The van der Waals surface area contributed by atoms with Gasteiger partial charge in [-0.1, -0.05) is 36.7 Å². The number of benzene rings is 1. The lowest BCUT2D eigenvalue weighted by Gasteiger charge is -2.23. The Labute approximate surface area is 177 Å². The quantitative estimate of drug-likeness (QED) is 0.643. The Morgan fingerprint density at radius 3 is 2.60 bits per heavy atom.